The summed E-state index contributed by atoms with van der Waals surface area (Å²) in [7, 11) is 2.89. The average molecular weight is 457 g/mol. The largest absolute Gasteiger partial charge is 0.494 e. The van der Waals surface area contributed by atoms with Crippen molar-refractivity contribution >= 4 is 23.4 Å². The van der Waals surface area contributed by atoms with Gasteiger partial charge < -0.3 is 24.4 Å². The van der Waals surface area contributed by atoms with Crippen molar-refractivity contribution < 1.29 is 32.6 Å². The Kier molecular flexibility index (Phi) is 9.33. The number of carbonyl (C=O) groups excluding carboxylic acids is 2. The number of rotatable bonds is 11. The van der Waals surface area contributed by atoms with Gasteiger partial charge in [-0.25, -0.2) is 0 Å². The molecule has 0 fully saturated rings. The summed E-state index contributed by atoms with van der Waals surface area (Å²) in [6, 6.07) is 10.7. The maximum atomic E-state index is 12.4. The lowest BCUT2D eigenvalue weighted by atomic mass is 10.2. The number of nitrogens with zero attached hydrogens (tertiary/aromatic N) is 1. The highest BCUT2D eigenvalue weighted by Crippen LogP contribution is 2.29. The van der Waals surface area contributed by atoms with E-state index in [0.717, 1.165) is 0 Å². The van der Waals surface area contributed by atoms with Crippen LogP contribution in [0.2, 0.25) is 5.02 Å². The Balaban J connectivity index is 1.76. The molecule has 0 saturated carbocycles. The van der Waals surface area contributed by atoms with Crippen LogP contribution in [0.15, 0.2) is 42.5 Å². The molecule has 0 radical (unpaired) electrons. The van der Waals surface area contributed by atoms with Gasteiger partial charge in [0.2, 0.25) is 5.91 Å². The van der Waals surface area contributed by atoms with E-state index in [4.69, 9.17) is 21.1 Å². The fraction of sp³-hybridized carbons (Fsp3) is 0.333. The van der Waals surface area contributed by atoms with Crippen molar-refractivity contribution in [3.8, 4) is 17.2 Å². The van der Waals surface area contributed by atoms with Crippen LogP contribution < -0.4 is 19.5 Å². The van der Waals surface area contributed by atoms with Crippen LogP contribution in [0.1, 0.15) is 16.8 Å². The molecule has 0 aliphatic carbocycles. The fourth-order valence-corrected chi connectivity index (χ4v) is 2.67. The summed E-state index contributed by atoms with van der Waals surface area (Å²) in [6.07, 6.45) is 0.599. The second kappa shape index (κ2) is 11.9. The molecule has 168 valence electrons. The first-order valence-electron chi connectivity index (χ1n) is 9.33. The van der Waals surface area contributed by atoms with Gasteiger partial charge in [-0.05, 0) is 48.9 Å². The lowest BCUT2D eigenvalue weighted by molar-refractivity contribution is -0.128. The zero-order valence-corrected chi connectivity index (χ0v) is 17.8. The summed E-state index contributed by atoms with van der Waals surface area (Å²) in [5, 5.41) is 3.12. The number of amides is 2. The highest BCUT2D eigenvalue weighted by atomic mass is 35.5. The molecule has 0 unspecified atom stereocenters. The molecule has 7 nitrogen and oxygen atoms in total. The molecule has 2 aromatic rings. The standard InChI is InChI=1S/C21H23ClF2N2O5/c1-26(10-3-11-30-16-7-5-15(22)6-8-16)19(27)13-25-20(28)14-4-9-17(31-21(23)24)18(12-14)29-2/h4-9,12,21H,3,10-11,13H2,1-2H3,(H,25,28). The molecule has 2 rings (SSSR count). The van der Waals surface area contributed by atoms with E-state index in [2.05, 4.69) is 10.1 Å². The van der Waals surface area contributed by atoms with Gasteiger partial charge in [-0.3, -0.25) is 9.59 Å². The molecular formula is C21H23ClF2N2O5. The van der Waals surface area contributed by atoms with Crippen molar-refractivity contribution in [3.63, 3.8) is 0 Å². The van der Waals surface area contributed by atoms with E-state index >= 15 is 0 Å². The first-order chi connectivity index (χ1) is 14.8. The number of alkyl halides is 2. The molecule has 0 atom stereocenters. The average Bonchev–Trinajstić information content (AvgIpc) is 2.75. The predicted molar refractivity (Wildman–Crippen MR) is 111 cm³/mol. The van der Waals surface area contributed by atoms with Crippen LogP contribution >= 0.6 is 11.6 Å². The molecule has 10 heteroatoms. The first kappa shape index (κ1) is 24.2. The minimum atomic E-state index is -3.02. The Morgan fingerprint density at radius 2 is 1.84 bits per heavy atom. The van der Waals surface area contributed by atoms with Crippen molar-refractivity contribution in [1.82, 2.24) is 10.2 Å². The number of hydrogen-bond donors (Lipinski definition) is 1. The maximum absolute atomic E-state index is 12.4. The van der Waals surface area contributed by atoms with Gasteiger partial charge in [0.05, 0.1) is 20.3 Å². The van der Waals surface area contributed by atoms with Crippen LogP contribution in [-0.2, 0) is 4.79 Å². The van der Waals surface area contributed by atoms with Crippen LogP contribution in [0.25, 0.3) is 0 Å². The van der Waals surface area contributed by atoms with Crippen molar-refractivity contribution in [1.29, 1.82) is 0 Å². The van der Waals surface area contributed by atoms with Crippen LogP contribution in [0.5, 0.6) is 17.2 Å². The summed E-state index contributed by atoms with van der Waals surface area (Å²) in [5.74, 6) is -0.354. The Bertz CT molecular complexity index is 881. The minimum absolute atomic E-state index is 0.0166. The number of nitrogens with one attached hydrogen (secondary N) is 1. The number of carbonyl (C=O) groups is 2. The second-order valence-electron chi connectivity index (χ2n) is 6.40. The van der Waals surface area contributed by atoms with Crippen molar-refractivity contribution in [2.24, 2.45) is 0 Å². The SMILES string of the molecule is COc1cc(C(=O)NCC(=O)N(C)CCCOc2ccc(Cl)cc2)ccc1OC(F)F. The molecule has 0 spiro atoms. The van der Waals surface area contributed by atoms with Crippen molar-refractivity contribution in [2.45, 2.75) is 13.0 Å². The maximum Gasteiger partial charge on any atom is 0.387 e. The molecular weight excluding hydrogens is 434 g/mol. The van der Waals surface area contributed by atoms with Gasteiger partial charge in [0, 0.05) is 24.2 Å². The van der Waals surface area contributed by atoms with E-state index in [1.807, 2.05) is 0 Å². The van der Waals surface area contributed by atoms with Gasteiger partial charge in [-0.1, -0.05) is 11.6 Å². The van der Waals surface area contributed by atoms with Gasteiger partial charge in [-0.15, -0.1) is 0 Å². The normalized spacial score (nSPS) is 10.5. The Morgan fingerprint density at radius 1 is 1.13 bits per heavy atom. The molecule has 0 bridgehead atoms. The van der Waals surface area contributed by atoms with E-state index in [-0.39, 0.29) is 29.5 Å². The molecule has 0 aromatic heterocycles. The summed E-state index contributed by atoms with van der Waals surface area (Å²) in [6.45, 7) is -2.38. The molecule has 0 saturated heterocycles. The van der Waals surface area contributed by atoms with Gasteiger partial charge >= 0.3 is 6.61 Å². The summed E-state index contributed by atoms with van der Waals surface area (Å²) >= 11 is 5.81. The van der Waals surface area contributed by atoms with Crippen molar-refractivity contribution in [3.05, 3.63) is 53.1 Å². The summed E-state index contributed by atoms with van der Waals surface area (Å²) in [5.41, 5.74) is 0.144. The van der Waals surface area contributed by atoms with Gasteiger partial charge in [0.25, 0.3) is 5.91 Å². The summed E-state index contributed by atoms with van der Waals surface area (Å²) < 4.78 is 39.6. The van der Waals surface area contributed by atoms with E-state index < -0.39 is 12.5 Å². The van der Waals surface area contributed by atoms with Crippen LogP contribution in [0.3, 0.4) is 0 Å². The molecule has 0 aliphatic heterocycles. The lowest BCUT2D eigenvalue weighted by Gasteiger charge is -2.18. The minimum Gasteiger partial charge on any atom is -0.494 e. The van der Waals surface area contributed by atoms with Crippen LogP contribution in [0.4, 0.5) is 8.78 Å². The van der Waals surface area contributed by atoms with Crippen molar-refractivity contribution in [2.75, 3.05) is 33.9 Å². The smallest absolute Gasteiger partial charge is 0.387 e. The summed E-state index contributed by atoms with van der Waals surface area (Å²) in [4.78, 5) is 25.9. The first-order valence-corrected chi connectivity index (χ1v) is 9.71. The highest BCUT2D eigenvalue weighted by Gasteiger charge is 2.16. The number of benzene rings is 2. The predicted octanol–water partition coefficient (Wildman–Crippen LogP) is 3.61. The van der Waals surface area contributed by atoms with Gasteiger partial charge in [0.1, 0.15) is 5.75 Å². The molecule has 1 N–H and O–H groups in total. The van der Waals surface area contributed by atoms with E-state index in [0.29, 0.717) is 30.3 Å². The van der Waals surface area contributed by atoms with E-state index in [9.17, 15) is 18.4 Å². The Labute approximate surface area is 183 Å². The molecule has 2 amide bonds. The Morgan fingerprint density at radius 3 is 2.48 bits per heavy atom. The number of hydrogen-bond acceptors (Lipinski definition) is 5. The topological polar surface area (TPSA) is 77.1 Å². The highest BCUT2D eigenvalue weighted by molar-refractivity contribution is 6.30. The molecule has 0 heterocycles. The fourth-order valence-electron chi connectivity index (χ4n) is 2.54. The number of likely N-dealkylation sites (N-methyl/N-ethyl adjacent to an activating group) is 1. The van der Waals surface area contributed by atoms with E-state index in [1.165, 1.54) is 30.2 Å². The number of halogens is 3. The van der Waals surface area contributed by atoms with Gasteiger partial charge in [-0.2, -0.15) is 8.78 Å². The van der Waals surface area contributed by atoms with Gasteiger partial charge in [0.15, 0.2) is 11.5 Å². The lowest BCUT2D eigenvalue weighted by Crippen LogP contribution is -2.38. The van der Waals surface area contributed by atoms with Crippen LogP contribution in [0, 0.1) is 0 Å². The molecule has 2 aromatic carbocycles. The third kappa shape index (κ3) is 7.93. The Hall–Kier alpha value is -3.07. The van der Waals surface area contributed by atoms with Crippen LogP contribution in [-0.4, -0.2) is 57.2 Å². The molecule has 31 heavy (non-hydrogen) atoms. The monoisotopic (exact) mass is 456 g/mol. The van der Waals surface area contributed by atoms with E-state index in [1.54, 1.807) is 31.3 Å². The quantitative estimate of drug-likeness (QED) is 0.523. The zero-order chi connectivity index (χ0) is 22.8. The second-order valence-corrected chi connectivity index (χ2v) is 6.83. The molecule has 0 aliphatic rings. The third-order valence-electron chi connectivity index (χ3n) is 4.19. The number of methoxy groups -OCH3 is 1. The number of ether oxygens (including phenoxy) is 3. The third-order valence-corrected chi connectivity index (χ3v) is 4.44. The zero-order valence-electron chi connectivity index (χ0n) is 17.1.